The molecule has 2 aromatic heterocycles. The molecule has 3 heterocycles. The van der Waals surface area contributed by atoms with Crippen LogP contribution in [0.25, 0.3) is 22.6 Å². The molecule has 1 saturated heterocycles. The number of nitrogens with zero attached hydrogens (tertiary/aromatic N) is 3. The van der Waals surface area contributed by atoms with E-state index in [0.717, 1.165) is 12.1 Å². The van der Waals surface area contributed by atoms with Gasteiger partial charge in [-0.15, -0.1) is 0 Å². The molecule has 4 rings (SSSR count). The summed E-state index contributed by atoms with van der Waals surface area (Å²) < 4.78 is 24.9. The molecular formula is C22H26FN5O3. The molecule has 0 unspecified atom stereocenters. The van der Waals surface area contributed by atoms with Crippen LogP contribution in [0.3, 0.4) is 0 Å². The first-order valence-corrected chi connectivity index (χ1v) is 10.3. The Morgan fingerprint density at radius 3 is 2.58 bits per heavy atom. The number of rotatable bonds is 7. The summed E-state index contributed by atoms with van der Waals surface area (Å²) in [6, 6.07) is 7.91. The average molecular weight is 427 g/mol. The predicted octanol–water partition coefficient (Wildman–Crippen LogP) is 3.39. The summed E-state index contributed by atoms with van der Waals surface area (Å²) in [5.74, 6) is 1.07. The molecule has 3 aromatic rings. The van der Waals surface area contributed by atoms with E-state index in [1.54, 1.807) is 24.4 Å². The highest BCUT2D eigenvalue weighted by Crippen LogP contribution is 2.33. The minimum Gasteiger partial charge on any atom is -0.396 e. The third kappa shape index (κ3) is 5.07. The topological polar surface area (TPSA) is 105 Å². The van der Waals surface area contributed by atoms with E-state index in [1.807, 2.05) is 0 Å². The van der Waals surface area contributed by atoms with Crippen molar-refractivity contribution in [2.24, 2.45) is 11.8 Å². The lowest BCUT2D eigenvalue weighted by Crippen LogP contribution is -2.29. The van der Waals surface area contributed by atoms with Crippen LogP contribution in [0.5, 0.6) is 0 Å². The quantitative estimate of drug-likeness (QED) is 0.531. The zero-order chi connectivity index (χ0) is 21.8. The molecule has 31 heavy (non-hydrogen) atoms. The summed E-state index contributed by atoms with van der Waals surface area (Å²) in [4.78, 5) is 16.9. The Balaban J connectivity index is 1.69. The molecule has 0 radical (unpaired) electrons. The fraction of sp³-hybridized carbons (Fsp3) is 0.409. The number of benzene rings is 1. The first kappa shape index (κ1) is 21.4. The molecule has 0 amide bonds. The van der Waals surface area contributed by atoms with Crippen molar-refractivity contribution < 1.29 is 19.0 Å². The lowest BCUT2D eigenvalue weighted by atomic mass is 10.1. The van der Waals surface area contributed by atoms with Gasteiger partial charge in [-0.2, -0.15) is 0 Å². The largest absolute Gasteiger partial charge is 0.396 e. The van der Waals surface area contributed by atoms with Crippen molar-refractivity contribution in [2.75, 3.05) is 31.7 Å². The molecule has 1 fully saturated rings. The number of hydrogen-bond acceptors (Lipinski definition) is 7. The lowest BCUT2D eigenvalue weighted by Gasteiger charge is -2.26. The van der Waals surface area contributed by atoms with E-state index in [0.29, 0.717) is 48.0 Å². The van der Waals surface area contributed by atoms with Crippen LogP contribution < -0.4 is 5.32 Å². The Hall–Kier alpha value is -2.88. The van der Waals surface area contributed by atoms with Gasteiger partial charge in [0.2, 0.25) is 12.2 Å². The summed E-state index contributed by atoms with van der Waals surface area (Å²) in [5.41, 5.74) is 2.65. The van der Waals surface area contributed by atoms with Gasteiger partial charge in [0.05, 0.1) is 36.9 Å². The molecule has 3 N–H and O–H groups in total. The molecule has 1 aromatic carbocycles. The van der Waals surface area contributed by atoms with E-state index in [4.69, 9.17) is 14.5 Å². The zero-order valence-electron chi connectivity index (χ0n) is 17.5. The van der Waals surface area contributed by atoms with Crippen LogP contribution in [0.2, 0.25) is 0 Å². The number of anilines is 1. The summed E-state index contributed by atoms with van der Waals surface area (Å²) >= 11 is 0. The van der Waals surface area contributed by atoms with E-state index in [-0.39, 0.29) is 18.3 Å². The number of halogens is 1. The molecule has 0 spiro atoms. The third-order valence-electron chi connectivity index (χ3n) is 4.87. The van der Waals surface area contributed by atoms with Crippen LogP contribution in [0, 0.1) is 17.7 Å². The molecule has 0 atom stereocenters. The summed E-state index contributed by atoms with van der Waals surface area (Å²) in [6.07, 6.45) is 0.996. The average Bonchev–Trinajstić information content (AvgIpc) is 3.24. The molecular weight excluding hydrogens is 401 g/mol. The summed E-state index contributed by atoms with van der Waals surface area (Å²) in [5, 5.41) is 12.5. The van der Waals surface area contributed by atoms with Gasteiger partial charge in [0, 0.05) is 24.2 Å². The van der Waals surface area contributed by atoms with Gasteiger partial charge in [-0.3, -0.25) is 0 Å². The van der Waals surface area contributed by atoms with Crippen LogP contribution in [0.1, 0.15) is 26.0 Å². The van der Waals surface area contributed by atoms with E-state index < -0.39 is 6.29 Å². The fourth-order valence-corrected chi connectivity index (χ4v) is 3.19. The van der Waals surface area contributed by atoms with E-state index >= 15 is 0 Å². The first-order chi connectivity index (χ1) is 15.0. The Labute approximate surface area is 179 Å². The monoisotopic (exact) mass is 427 g/mol. The van der Waals surface area contributed by atoms with Crippen molar-refractivity contribution in [3.05, 3.63) is 48.2 Å². The highest BCUT2D eigenvalue weighted by Gasteiger charge is 2.27. The normalized spacial score (nSPS) is 19.0. The van der Waals surface area contributed by atoms with Gasteiger partial charge in [0.25, 0.3) is 0 Å². The van der Waals surface area contributed by atoms with E-state index in [2.05, 4.69) is 34.1 Å². The van der Waals surface area contributed by atoms with Crippen molar-refractivity contribution in [2.45, 2.75) is 20.1 Å². The van der Waals surface area contributed by atoms with Gasteiger partial charge >= 0.3 is 0 Å². The molecule has 1 aliphatic heterocycles. The Morgan fingerprint density at radius 2 is 1.90 bits per heavy atom. The number of imidazole rings is 1. The number of hydrogen-bond donors (Lipinski definition) is 3. The fourth-order valence-electron chi connectivity index (χ4n) is 3.19. The van der Waals surface area contributed by atoms with Gasteiger partial charge in [-0.05, 0) is 36.2 Å². The van der Waals surface area contributed by atoms with E-state index in [9.17, 15) is 9.50 Å². The summed E-state index contributed by atoms with van der Waals surface area (Å²) in [7, 11) is 0. The maximum atomic E-state index is 13.5. The molecule has 9 heteroatoms. The number of aromatic amines is 1. The molecule has 164 valence electrons. The third-order valence-corrected chi connectivity index (χ3v) is 4.87. The number of ether oxygens (including phenoxy) is 2. The van der Waals surface area contributed by atoms with E-state index in [1.165, 1.54) is 12.1 Å². The molecule has 0 saturated carbocycles. The highest BCUT2D eigenvalue weighted by atomic mass is 19.1. The predicted molar refractivity (Wildman–Crippen MR) is 114 cm³/mol. The molecule has 8 nitrogen and oxygen atoms in total. The van der Waals surface area contributed by atoms with Crippen molar-refractivity contribution >= 4 is 5.95 Å². The standard InChI is InChI=1S/C22H26FN5O3/c1-13(2)9-25-22-24-8-7-17(26-22)19-18(15-3-5-16(23)6-4-15)27-20(28-19)21-30-11-14(10-29)12-31-21/h3-8,13-14,21,29H,9-12H2,1-2H3,(H,27,28)(H,24,25,26). The van der Waals surface area contributed by atoms with Gasteiger partial charge in [-0.25, -0.2) is 19.3 Å². The van der Waals surface area contributed by atoms with Gasteiger partial charge in [-0.1, -0.05) is 13.8 Å². The van der Waals surface area contributed by atoms with Crippen molar-refractivity contribution in [1.29, 1.82) is 0 Å². The van der Waals surface area contributed by atoms with Gasteiger partial charge < -0.3 is 24.9 Å². The van der Waals surface area contributed by atoms with Crippen LogP contribution in [0.4, 0.5) is 10.3 Å². The number of nitrogens with one attached hydrogen (secondary N) is 2. The number of H-pyrrole nitrogens is 1. The van der Waals surface area contributed by atoms with Crippen LogP contribution in [0.15, 0.2) is 36.5 Å². The second kappa shape index (κ2) is 9.51. The zero-order valence-corrected chi connectivity index (χ0v) is 17.5. The van der Waals surface area contributed by atoms with Crippen molar-refractivity contribution in [1.82, 2.24) is 19.9 Å². The van der Waals surface area contributed by atoms with Crippen LogP contribution in [-0.4, -0.2) is 51.4 Å². The first-order valence-electron chi connectivity index (χ1n) is 10.3. The SMILES string of the molecule is CC(C)CNc1nccc(-c2[nH]c(C3OCC(CO)CO3)nc2-c2ccc(F)cc2)n1. The number of aromatic nitrogens is 4. The molecule has 0 bridgehead atoms. The van der Waals surface area contributed by atoms with Crippen LogP contribution in [-0.2, 0) is 9.47 Å². The number of aliphatic hydroxyl groups excluding tert-OH is 1. The minimum atomic E-state index is -0.684. The van der Waals surface area contributed by atoms with Gasteiger partial charge in [0.1, 0.15) is 5.82 Å². The van der Waals surface area contributed by atoms with Gasteiger partial charge in [0.15, 0.2) is 5.82 Å². The maximum absolute atomic E-state index is 13.5. The summed E-state index contributed by atoms with van der Waals surface area (Å²) in [6.45, 7) is 5.72. The lowest BCUT2D eigenvalue weighted by molar-refractivity contribution is -0.213. The highest BCUT2D eigenvalue weighted by molar-refractivity contribution is 5.77. The Kier molecular flexibility index (Phi) is 6.55. The van der Waals surface area contributed by atoms with Crippen molar-refractivity contribution in [3.8, 4) is 22.6 Å². The minimum absolute atomic E-state index is 0.00401. The second-order valence-electron chi connectivity index (χ2n) is 7.94. The van der Waals surface area contributed by atoms with Crippen LogP contribution >= 0.6 is 0 Å². The molecule has 0 aliphatic carbocycles. The Bertz CT molecular complexity index is 1000. The number of aliphatic hydroxyl groups is 1. The maximum Gasteiger partial charge on any atom is 0.223 e. The second-order valence-corrected chi connectivity index (χ2v) is 7.94. The van der Waals surface area contributed by atoms with Crippen molar-refractivity contribution in [3.63, 3.8) is 0 Å². The smallest absolute Gasteiger partial charge is 0.223 e. The Morgan fingerprint density at radius 1 is 1.16 bits per heavy atom. The molecule has 1 aliphatic rings.